The number of ether oxygens (including phenoxy) is 2. The smallest absolute Gasteiger partial charge is 0.341 e. The van der Waals surface area contributed by atoms with Crippen LogP contribution in [0.5, 0.6) is 5.75 Å². The maximum atomic E-state index is 13.3. The Labute approximate surface area is 188 Å². The number of carbonyl (C=O) groups is 2. The van der Waals surface area contributed by atoms with Gasteiger partial charge < -0.3 is 14.8 Å². The Hall–Kier alpha value is -3.96. The van der Waals surface area contributed by atoms with Crippen LogP contribution in [0.15, 0.2) is 59.5 Å². The van der Waals surface area contributed by atoms with Gasteiger partial charge in [-0.25, -0.2) is 9.18 Å². The van der Waals surface area contributed by atoms with Gasteiger partial charge in [-0.05, 0) is 36.8 Å². The quantitative estimate of drug-likeness (QED) is 0.300. The van der Waals surface area contributed by atoms with Gasteiger partial charge in [0.05, 0.1) is 13.7 Å². The molecule has 0 atom stereocenters. The highest BCUT2D eigenvalue weighted by Gasteiger charge is 2.24. The van der Waals surface area contributed by atoms with Crippen LogP contribution < -0.4 is 10.1 Å². The Morgan fingerprint density at radius 3 is 2.56 bits per heavy atom. The van der Waals surface area contributed by atoms with Crippen molar-refractivity contribution in [3.63, 3.8) is 0 Å². The summed E-state index contributed by atoms with van der Waals surface area (Å²) >= 11 is 1.11. The summed E-state index contributed by atoms with van der Waals surface area (Å²) in [6.07, 6.45) is 1.41. The lowest BCUT2D eigenvalue weighted by Gasteiger charge is -2.09. The van der Waals surface area contributed by atoms with E-state index in [1.54, 1.807) is 36.6 Å². The minimum Gasteiger partial charge on any atom is -0.496 e. The molecule has 0 aliphatic carbocycles. The molecule has 0 saturated heterocycles. The molecule has 0 saturated carbocycles. The number of halogens is 1. The molecule has 3 aromatic rings. The van der Waals surface area contributed by atoms with Crippen molar-refractivity contribution in [2.75, 3.05) is 19.0 Å². The summed E-state index contributed by atoms with van der Waals surface area (Å²) in [5.41, 5.74) is 1.63. The van der Waals surface area contributed by atoms with Crippen molar-refractivity contribution >= 4 is 34.3 Å². The number of amides is 1. The van der Waals surface area contributed by atoms with Crippen molar-refractivity contribution in [2.24, 2.45) is 0 Å². The Bertz CT molecular complexity index is 1210. The van der Waals surface area contributed by atoms with Gasteiger partial charge in [0.1, 0.15) is 33.8 Å². The lowest BCUT2D eigenvalue weighted by molar-refractivity contribution is -0.112. The van der Waals surface area contributed by atoms with Crippen LogP contribution in [0.25, 0.3) is 17.2 Å². The summed E-state index contributed by atoms with van der Waals surface area (Å²) in [6.45, 7) is 1.81. The Kier molecular flexibility index (Phi) is 7.37. The second kappa shape index (κ2) is 10.4. The largest absolute Gasteiger partial charge is 0.496 e. The topological polar surface area (TPSA) is 88.4 Å². The number of hydrogen-bond donors (Lipinski definition) is 1. The van der Waals surface area contributed by atoms with E-state index in [0.717, 1.165) is 11.3 Å². The molecule has 0 spiro atoms. The number of rotatable bonds is 7. The Morgan fingerprint density at radius 2 is 1.91 bits per heavy atom. The van der Waals surface area contributed by atoms with Gasteiger partial charge in [-0.1, -0.05) is 30.3 Å². The van der Waals surface area contributed by atoms with Crippen molar-refractivity contribution in [1.29, 1.82) is 5.26 Å². The molecule has 0 aliphatic heterocycles. The van der Waals surface area contributed by atoms with Crippen LogP contribution in [-0.4, -0.2) is 25.6 Å². The molecule has 0 unspecified atom stereocenters. The van der Waals surface area contributed by atoms with Crippen molar-refractivity contribution in [3.8, 4) is 22.9 Å². The van der Waals surface area contributed by atoms with Gasteiger partial charge in [-0.3, -0.25) is 4.79 Å². The van der Waals surface area contributed by atoms with Crippen molar-refractivity contribution in [3.05, 3.63) is 76.4 Å². The molecule has 8 heteroatoms. The SMILES string of the molecule is CCOC(=O)c1c(-c2ccc(F)cc2)csc1NC(=O)C(C#N)=Cc1ccccc1OC. The van der Waals surface area contributed by atoms with E-state index in [-0.39, 0.29) is 22.7 Å². The van der Waals surface area contributed by atoms with E-state index in [9.17, 15) is 19.2 Å². The van der Waals surface area contributed by atoms with Crippen LogP contribution in [-0.2, 0) is 9.53 Å². The molecule has 162 valence electrons. The minimum atomic E-state index is -0.684. The first-order chi connectivity index (χ1) is 15.5. The van der Waals surface area contributed by atoms with Gasteiger partial charge in [-0.2, -0.15) is 5.26 Å². The zero-order valence-corrected chi connectivity index (χ0v) is 18.2. The number of para-hydroxylation sites is 1. The summed E-state index contributed by atoms with van der Waals surface area (Å²) in [4.78, 5) is 25.5. The summed E-state index contributed by atoms with van der Waals surface area (Å²) in [5, 5.41) is 14.1. The summed E-state index contributed by atoms with van der Waals surface area (Å²) in [6, 6.07) is 14.5. The molecule has 1 heterocycles. The van der Waals surface area contributed by atoms with Gasteiger partial charge in [0, 0.05) is 16.5 Å². The van der Waals surface area contributed by atoms with Crippen LogP contribution in [0, 0.1) is 17.1 Å². The van der Waals surface area contributed by atoms with Crippen molar-refractivity contribution in [2.45, 2.75) is 6.92 Å². The van der Waals surface area contributed by atoms with E-state index in [1.165, 1.54) is 37.5 Å². The van der Waals surface area contributed by atoms with Crippen LogP contribution in [0.3, 0.4) is 0 Å². The first-order valence-electron chi connectivity index (χ1n) is 9.59. The van der Waals surface area contributed by atoms with Crippen molar-refractivity contribution in [1.82, 2.24) is 0 Å². The average Bonchev–Trinajstić information content (AvgIpc) is 3.21. The lowest BCUT2D eigenvalue weighted by Crippen LogP contribution is -2.16. The zero-order valence-electron chi connectivity index (χ0n) is 17.3. The van der Waals surface area contributed by atoms with Gasteiger partial charge >= 0.3 is 5.97 Å². The molecule has 2 aromatic carbocycles. The number of thiophene rings is 1. The molecular weight excluding hydrogens is 431 g/mol. The molecule has 0 aliphatic rings. The highest BCUT2D eigenvalue weighted by Crippen LogP contribution is 2.36. The number of anilines is 1. The minimum absolute atomic E-state index is 0.141. The van der Waals surface area contributed by atoms with Gasteiger partial charge in [0.15, 0.2) is 0 Å². The van der Waals surface area contributed by atoms with E-state index in [4.69, 9.17) is 9.47 Å². The Balaban J connectivity index is 1.97. The molecule has 1 aromatic heterocycles. The number of hydrogen-bond acceptors (Lipinski definition) is 6. The second-order valence-electron chi connectivity index (χ2n) is 6.45. The van der Waals surface area contributed by atoms with Gasteiger partial charge in [0.2, 0.25) is 0 Å². The van der Waals surface area contributed by atoms with E-state index < -0.39 is 17.7 Å². The number of nitrogens with one attached hydrogen (secondary N) is 1. The molecule has 0 radical (unpaired) electrons. The first kappa shape index (κ1) is 22.7. The maximum Gasteiger partial charge on any atom is 0.341 e. The van der Waals surface area contributed by atoms with Gasteiger partial charge in [-0.15, -0.1) is 11.3 Å². The fourth-order valence-corrected chi connectivity index (χ4v) is 3.91. The predicted molar refractivity (Wildman–Crippen MR) is 121 cm³/mol. The summed E-state index contributed by atoms with van der Waals surface area (Å²) < 4.78 is 23.7. The summed E-state index contributed by atoms with van der Waals surface area (Å²) in [7, 11) is 1.49. The number of nitriles is 1. The number of nitrogens with zero attached hydrogens (tertiary/aromatic N) is 1. The van der Waals surface area contributed by atoms with Crippen LogP contribution in [0.1, 0.15) is 22.8 Å². The van der Waals surface area contributed by atoms with Crippen LogP contribution in [0.2, 0.25) is 0 Å². The second-order valence-corrected chi connectivity index (χ2v) is 7.33. The molecule has 32 heavy (non-hydrogen) atoms. The third-order valence-corrected chi connectivity index (χ3v) is 5.35. The van der Waals surface area contributed by atoms with Crippen LogP contribution >= 0.6 is 11.3 Å². The number of carbonyl (C=O) groups excluding carboxylic acids is 2. The predicted octanol–water partition coefficient (Wildman–Crippen LogP) is 5.29. The highest BCUT2D eigenvalue weighted by atomic mass is 32.1. The summed E-state index contributed by atoms with van der Waals surface area (Å²) in [5.74, 6) is -1.21. The maximum absolute atomic E-state index is 13.3. The molecule has 1 amide bonds. The van der Waals surface area contributed by atoms with Gasteiger partial charge in [0.25, 0.3) is 5.91 Å². The van der Waals surface area contributed by atoms with E-state index in [1.807, 2.05) is 6.07 Å². The Morgan fingerprint density at radius 1 is 1.19 bits per heavy atom. The van der Waals surface area contributed by atoms with E-state index in [0.29, 0.717) is 22.4 Å². The third kappa shape index (κ3) is 5.02. The molecule has 0 bridgehead atoms. The normalized spacial score (nSPS) is 10.9. The standard InChI is InChI=1S/C24H19FN2O4S/c1-3-31-24(29)21-19(15-8-10-18(25)11-9-15)14-32-23(21)27-22(28)17(13-26)12-16-6-4-5-7-20(16)30-2/h4-12,14H,3H2,1-2H3,(H,27,28). The average molecular weight is 450 g/mol. The van der Waals surface area contributed by atoms with E-state index >= 15 is 0 Å². The van der Waals surface area contributed by atoms with Crippen LogP contribution in [0.4, 0.5) is 9.39 Å². The lowest BCUT2D eigenvalue weighted by atomic mass is 10.0. The zero-order chi connectivity index (χ0) is 23.1. The number of esters is 1. The van der Waals surface area contributed by atoms with Crippen molar-refractivity contribution < 1.29 is 23.5 Å². The number of methoxy groups -OCH3 is 1. The number of benzene rings is 2. The molecule has 1 N–H and O–H groups in total. The fraction of sp³-hybridized carbons (Fsp3) is 0.125. The highest BCUT2D eigenvalue weighted by molar-refractivity contribution is 7.15. The molecule has 6 nitrogen and oxygen atoms in total. The molecular formula is C24H19FN2O4S. The van der Waals surface area contributed by atoms with E-state index in [2.05, 4.69) is 5.32 Å². The first-order valence-corrected chi connectivity index (χ1v) is 10.5. The fourth-order valence-electron chi connectivity index (χ4n) is 2.96. The molecule has 0 fully saturated rings. The third-order valence-electron chi connectivity index (χ3n) is 4.46. The monoisotopic (exact) mass is 450 g/mol. The molecule has 3 rings (SSSR count).